The number of rotatable bonds is 3. The molecule has 0 aliphatic heterocycles. The van der Waals surface area contributed by atoms with Gasteiger partial charge in [0.25, 0.3) is 0 Å². The summed E-state index contributed by atoms with van der Waals surface area (Å²) in [6.45, 7) is 2.28. The second kappa shape index (κ2) is 5.67. The third-order valence-electron chi connectivity index (χ3n) is 3.20. The lowest BCUT2D eigenvalue weighted by atomic mass is 9.93. The number of benzene rings is 1. The first-order valence-corrected chi connectivity index (χ1v) is 6.23. The van der Waals surface area contributed by atoms with Crippen molar-refractivity contribution in [3.8, 4) is 0 Å². The first-order chi connectivity index (χ1) is 8.31. The summed E-state index contributed by atoms with van der Waals surface area (Å²) in [5.74, 6) is 0.200. The Kier molecular flexibility index (Phi) is 3.97. The zero-order chi connectivity index (χ0) is 12.1. The van der Waals surface area contributed by atoms with E-state index in [0.29, 0.717) is 12.5 Å². The number of esters is 1. The number of hydrogen-bond donors (Lipinski definition) is 0. The van der Waals surface area contributed by atoms with Crippen LogP contribution >= 0.6 is 0 Å². The van der Waals surface area contributed by atoms with Gasteiger partial charge >= 0.3 is 5.97 Å². The van der Waals surface area contributed by atoms with Crippen LogP contribution in [0.2, 0.25) is 0 Å². The van der Waals surface area contributed by atoms with Gasteiger partial charge in [-0.25, -0.2) is 4.79 Å². The molecule has 90 valence electrons. The van der Waals surface area contributed by atoms with Crippen molar-refractivity contribution >= 4 is 5.97 Å². The van der Waals surface area contributed by atoms with Crippen LogP contribution in [0.3, 0.4) is 0 Å². The zero-order valence-electron chi connectivity index (χ0n) is 10.2. The van der Waals surface area contributed by atoms with E-state index in [2.05, 4.69) is 24.3 Å². The maximum atomic E-state index is 11.5. The van der Waals surface area contributed by atoms with Crippen molar-refractivity contribution in [2.45, 2.75) is 32.1 Å². The van der Waals surface area contributed by atoms with E-state index in [1.807, 2.05) is 13.0 Å². The highest BCUT2D eigenvalue weighted by Gasteiger charge is 2.23. The fourth-order valence-electron chi connectivity index (χ4n) is 2.44. The van der Waals surface area contributed by atoms with Gasteiger partial charge in [0.1, 0.15) is 0 Å². The lowest BCUT2D eigenvalue weighted by molar-refractivity contribution is -0.137. The predicted molar refractivity (Wildman–Crippen MR) is 67.8 cm³/mol. The van der Waals surface area contributed by atoms with Crippen LogP contribution in [-0.2, 0) is 9.53 Å². The third kappa shape index (κ3) is 2.96. The summed E-state index contributed by atoms with van der Waals surface area (Å²) in [6, 6.07) is 10.4. The summed E-state index contributed by atoms with van der Waals surface area (Å²) in [4.78, 5) is 11.5. The smallest absolute Gasteiger partial charge is 0.330 e. The Morgan fingerprint density at radius 3 is 2.88 bits per heavy atom. The Balaban J connectivity index is 2.15. The van der Waals surface area contributed by atoms with Gasteiger partial charge in [-0.3, -0.25) is 0 Å². The molecule has 1 aliphatic carbocycles. The highest BCUT2D eigenvalue weighted by molar-refractivity contribution is 5.83. The van der Waals surface area contributed by atoms with Crippen molar-refractivity contribution in [3.63, 3.8) is 0 Å². The third-order valence-corrected chi connectivity index (χ3v) is 3.20. The van der Waals surface area contributed by atoms with E-state index in [9.17, 15) is 4.79 Å². The first-order valence-electron chi connectivity index (χ1n) is 6.23. The first kappa shape index (κ1) is 11.9. The molecule has 0 radical (unpaired) electrons. The molecule has 1 aromatic carbocycles. The van der Waals surface area contributed by atoms with Gasteiger partial charge in [-0.15, -0.1) is 0 Å². The highest BCUT2D eigenvalue weighted by atomic mass is 16.5. The summed E-state index contributed by atoms with van der Waals surface area (Å²) in [5.41, 5.74) is 2.52. The van der Waals surface area contributed by atoms with Crippen LogP contribution in [0.4, 0.5) is 0 Å². The van der Waals surface area contributed by atoms with E-state index in [1.54, 1.807) is 6.08 Å². The van der Waals surface area contributed by atoms with Crippen molar-refractivity contribution in [1.82, 2.24) is 0 Å². The lowest BCUT2D eigenvalue weighted by Crippen LogP contribution is -2.03. The average molecular weight is 230 g/mol. The molecule has 0 spiro atoms. The highest BCUT2D eigenvalue weighted by Crippen LogP contribution is 2.38. The minimum absolute atomic E-state index is 0.203. The molecule has 0 bridgehead atoms. The SMILES string of the molecule is CCOC(=O)/C=C1/CCCC1c1ccccc1. The van der Waals surface area contributed by atoms with Crippen LogP contribution in [0.5, 0.6) is 0 Å². The summed E-state index contributed by atoms with van der Waals surface area (Å²) in [7, 11) is 0. The minimum atomic E-state index is -0.203. The zero-order valence-corrected chi connectivity index (χ0v) is 10.2. The maximum Gasteiger partial charge on any atom is 0.330 e. The van der Waals surface area contributed by atoms with Crippen LogP contribution in [-0.4, -0.2) is 12.6 Å². The largest absolute Gasteiger partial charge is 0.463 e. The summed E-state index contributed by atoms with van der Waals surface area (Å²) in [5, 5.41) is 0. The molecule has 17 heavy (non-hydrogen) atoms. The van der Waals surface area contributed by atoms with Crippen LogP contribution in [0.25, 0.3) is 0 Å². The Morgan fingerprint density at radius 1 is 1.41 bits per heavy atom. The van der Waals surface area contributed by atoms with Crippen molar-refractivity contribution in [1.29, 1.82) is 0 Å². The second-order valence-electron chi connectivity index (χ2n) is 4.33. The van der Waals surface area contributed by atoms with Gasteiger partial charge in [-0.2, -0.15) is 0 Å². The van der Waals surface area contributed by atoms with E-state index in [4.69, 9.17) is 4.74 Å². The number of carbonyl (C=O) groups excluding carboxylic acids is 1. The molecule has 2 heteroatoms. The van der Waals surface area contributed by atoms with Gasteiger partial charge in [0.15, 0.2) is 0 Å². The molecule has 2 nitrogen and oxygen atoms in total. The number of ether oxygens (including phenoxy) is 1. The van der Waals surface area contributed by atoms with Crippen LogP contribution in [0.1, 0.15) is 37.7 Å². The topological polar surface area (TPSA) is 26.3 Å². The van der Waals surface area contributed by atoms with Gasteiger partial charge in [0.2, 0.25) is 0 Å². The monoisotopic (exact) mass is 230 g/mol. The van der Waals surface area contributed by atoms with Gasteiger partial charge in [0.05, 0.1) is 6.61 Å². The fraction of sp³-hybridized carbons (Fsp3) is 0.400. The summed E-state index contributed by atoms with van der Waals surface area (Å²) < 4.78 is 4.97. The molecule has 1 aliphatic rings. The van der Waals surface area contributed by atoms with Gasteiger partial charge < -0.3 is 4.74 Å². The molecule has 0 heterocycles. The number of hydrogen-bond acceptors (Lipinski definition) is 2. The lowest BCUT2D eigenvalue weighted by Gasteiger charge is -2.12. The van der Waals surface area contributed by atoms with Gasteiger partial charge in [-0.05, 0) is 31.7 Å². The van der Waals surface area contributed by atoms with E-state index in [1.165, 1.54) is 11.1 Å². The minimum Gasteiger partial charge on any atom is -0.463 e. The summed E-state index contributed by atoms with van der Waals surface area (Å²) in [6.07, 6.45) is 4.99. The Labute approximate surface area is 102 Å². The number of carbonyl (C=O) groups is 1. The van der Waals surface area contributed by atoms with Crippen LogP contribution < -0.4 is 0 Å². The van der Waals surface area contributed by atoms with Gasteiger partial charge in [0, 0.05) is 12.0 Å². The Morgan fingerprint density at radius 2 is 2.18 bits per heavy atom. The molecule has 1 fully saturated rings. The molecule has 0 N–H and O–H groups in total. The maximum absolute atomic E-state index is 11.5. The molecule has 0 saturated heterocycles. The molecular formula is C15H18O2. The van der Waals surface area contributed by atoms with E-state index in [-0.39, 0.29) is 5.97 Å². The van der Waals surface area contributed by atoms with E-state index in [0.717, 1.165) is 19.3 Å². The fourth-order valence-corrected chi connectivity index (χ4v) is 2.44. The van der Waals surface area contributed by atoms with Crippen molar-refractivity contribution in [2.75, 3.05) is 6.61 Å². The van der Waals surface area contributed by atoms with Gasteiger partial charge in [-0.1, -0.05) is 35.9 Å². The standard InChI is InChI=1S/C15H18O2/c1-2-17-15(16)11-13-9-6-10-14(13)12-7-4-3-5-8-12/h3-5,7-8,11,14H,2,6,9-10H2,1H3/b13-11-. The molecule has 1 saturated carbocycles. The van der Waals surface area contributed by atoms with Crippen molar-refractivity contribution in [2.24, 2.45) is 0 Å². The Bertz CT molecular complexity index is 406. The summed E-state index contributed by atoms with van der Waals surface area (Å²) >= 11 is 0. The Hall–Kier alpha value is -1.57. The van der Waals surface area contributed by atoms with Crippen molar-refractivity contribution < 1.29 is 9.53 Å². The van der Waals surface area contributed by atoms with Crippen LogP contribution in [0, 0.1) is 0 Å². The molecule has 0 amide bonds. The van der Waals surface area contributed by atoms with E-state index < -0.39 is 0 Å². The molecular weight excluding hydrogens is 212 g/mol. The number of allylic oxidation sites excluding steroid dienone is 1. The second-order valence-corrected chi connectivity index (χ2v) is 4.33. The molecule has 1 aromatic rings. The molecule has 0 aromatic heterocycles. The van der Waals surface area contributed by atoms with E-state index >= 15 is 0 Å². The predicted octanol–water partition coefficient (Wildman–Crippen LogP) is 3.44. The normalized spacial score (nSPS) is 21.7. The van der Waals surface area contributed by atoms with Crippen molar-refractivity contribution in [3.05, 3.63) is 47.5 Å². The molecule has 1 unspecified atom stereocenters. The molecule has 1 atom stereocenters. The van der Waals surface area contributed by atoms with Crippen LogP contribution in [0.15, 0.2) is 42.0 Å². The molecule has 2 rings (SSSR count). The average Bonchev–Trinajstić information content (AvgIpc) is 2.78. The quantitative estimate of drug-likeness (QED) is 0.587.